The van der Waals surface area contributed by atoms with E-state index in [-0.39, 0.29) is 34.9 Å². The molecule has 0 spiro atoms. The van der Waals surface area contributed by atoms with Crippen molar-refractivity contribution in [3.63, 3.8) is 0 Å². The maximum absolute atomic E-state index is 14.2. The second-order valence-corrected chi connectivity index (χ2v) is 8.43. The summed E-state index contributed by atoms with van der Waals surface area (Å²) in [6, 6.07) is 16.1. The number of rotatable bonds is 8. The summed E-state index contributed by atoms with van der Waals surface area (Å²) in [6.45, 7) is 1.02. The summed E-state index contributed by atoms with van der Waals surface area (Å²) in [5.41, 5.74) is 1.30. The molecule has 1 atom stereocenters. The molecule has 0 saturated heterocycles. The van der Waals surface area contributed by atoms with E-state index in [1.54, 1.807) is 30.3 Å². The number of nitrogens with zero attached hydrogens (tertiary/aromatic N) is 1. The van der Waals surface area contributed by atoms with Gasteiger partial charge in [0.05, 0.1) is 10.7 Å². The first-order valence-electron chi connectivity index (χ1n) is 10.5. The summed E-state index contributed by atoms with van der Waals surface area (Å²) in [6.07, 6.45) is -1.67. The standard InChI is InChI=1S/C26H23ClF3NO3/c1-16(32)26(29,30)20-12-8-18(9-13-20)15-21(33)14-17-6-10-19(11-7-17)25(34)31(2)23-5-3-4-22(27)24(23)28/h3-13,16,32H,14-15H2,1-2H3. The number of anilines is 1. The Kier molecular flexibility index (Phi) is 7.79. The SMILES string of the molecule is CC(O)C(F)(F)c1ccc(CC(=O)Cc2ccc(C(=O)N(C)c3cccc(Cl)c3F)cc2)cc1. The van der Waals surface area contributed by atoms with Gasteiger partial charge in [-0.15, -0.1) is 0 Å². The molecule has 0 heterocycles. The number of halogens is 4. The van der Waals surface area contributed by atoms with Gasteiger partial charge in [0.2, 0.25) is 0 Å². The molecule has 0 bridgehead atoms. The number of aliphatic hydroxyl groups is 1. The van der Waals surface area contributed by atoms with Gasteiger partial charge in [0.1, 0.15) is 11.9 Å². The summed E-state index contributed by atoms with van der Waals surface area (Å²) in [5, 5.41) is 9.14. The van der Waals surface area contributed by atoms with Crippen molar-refractivity contribution in [2.24, 2.45) is 0 Å². The highest BCUT2D eigenvalue weighted by Gasteiger charge is 2.37. The fourth-order valence-electron chi connectivity index (χ4n) is 3.42. The molecule has 1 unspecified atom stereocenters. The lowest BCUT2D eigenvalue weighted by Crippen LogP contribution is -2.27. The number of aliphatic hydroxyl groups excluding tert-OH is 1. The third-order valence-corrected chi connectivity index (χ3v) is 5.76. The largest absolute Gasteiger partial charge is 0.387 e. The van der Waals surface area contributed by atoms with Gasteiger partial charge >= 0.3 is 0 Å². The van der Waals surface area contributed by atoms with Crippen LogP contribution in [-0.2, 0) is 23.6 Å². The second kappa shape index (κ2) is 10.4. The fourth-order valence-corrected chi connectivity index (χ4v) is 3.59. The van der Waals surface area contributed by atoms with E-state index in [0.717, 1.165) is 11.8 Å². The third kappa shape index (κ3) is 5.66. The van der Waals surface area contributed by atoms with E-state index in [0.29, 0.717) is 16.7 Å². The number of hydrogen-bond donors (Lipinski definition) is 1. The van der Waals surface area contributed by atoms with Crippen molar-refractivity contribution in [3.05, 3.63) is 99.8 Å². The zero-order chi connectivity index (χ0) is 25.0. The Hall–Kier alpha value is -3.16. The lowest BCUT2D eigenvalue weighted by Gasteiger charge is -2.19. The van der Waals surface area contributed by atoms with E-state index in [4.69, 9.17) is 11.6 Å². The smallest absolute Gasteiger partial charge is 0.298 e. The maximum Gasteiger partial charge on any atom is 0.298 e. The van der Waals surface area contributed by atoms with E-state index in [1.807, 2.05) is 0 Å². The Morgan fingerprint density at radius 1 is 0.971 bits per heavy atom. The van der Waals surface area contributed by atoms with E-state index in [2.05, 4.69) is 0 Å². The minimum Gasteiger partial charge on any atom is -0.387 e. The van der Waals surface area contributed by atoms with Gasteiger partial charge in [0.25, 0.3) is 11.8 Å². The monoisotopic (exact) mass is 489 g/mol. The molecule has 34 heavy (non-hydrogen) atoms. The third-order valence-electron chi connectivity index (χ3n) is 5.46. The van der Waals surface area contributed by atoms with E-state index in [1.165, 1.54) is 43.4 Å². The van der Waals surface area contributed by atoms with Gasteiger partial charge < -0.3 is 10.0 Å². The van der Waals surface area contributed by atoms with Gasteiger partial charge in [-0.25, -0.2) is 4.39 Å². The number of alkyl halides is 2. The quantitative estimate of drug-likeness (QED) is 0.449. The van der Waals surface area contributed by atoms with E-state index < -0.39 is 23.8 Å². The molecule has 0 aliphatic rings. The second-order valence-electron chi connectivity index (χ2n) is 8.02. The van der Waals surface area contributed by atoms with Crippen LogP contribution < -0.4 is 4.90 Å². The van der Waals surface area contributed by atoms with Crippen LogP contribution in [0.15, 0.2) is 66.7 Å². The maximum atomic E-state index is 14.2. The van der Waals surface area contributed by atoms with Crippen LogP contribution in [0.5, 0.6) is 0 Å². The molecule has 0 aromatic heterocycles. The van der Waals surface area contributed by atoms with Crippen LogP contribution >= 0.6 is 11.6 Å². The molecular formula is C26H23ClF3NO3. The fraction of sp³-hybridized carbons (Fsp3) is 0.231. The van der Waals surface area contributed by atoms with E-state index in [9.17, 15) is 27.9 Å². The van der Waals surface area contributed by atoms with Crippen LogP contribution in [0.2, 0.25) is 5.02 Å². The number of benzene rings is 3. The predicted octanol–water partition coefficient (Wildman–Crippen LogP) is 5.58. The minimum absolute atomic E-state index is 0.0500. The van der Waals surface area contributed by atoms with Gasteiger partial charge in [0, 0.05) is 31.0 Å². The molecular weight excluding hydrogens is 467 g/mol. The van der Waals surface area contributed by atoms with E-state index >= 15 is 0 Å². The lowest BCUT2D eigenvalue weighted by atomic mass is 9.98. The molecule has 0 aliphatic heterocycles. The first kappa shape index (κ1) is 25.5. The summed E-state index contributed by atoms with van der Waals surface area (Å²) < 4.78 is 41.9. The number of carbonyl (C=O) groups excluding carboxylic acids is 2. The normalized spacial score (nSPS) is 12.3. The Morgan fingerprint density at radius 2 is 1.50 bits per heavy atom. The number of ketones is 1. The summed E-state index contributed by atoms with van der Waals surface area (Å²) in [5.74, 6) is -4.63. The molecule has 1 amide bonds. The highest BCUT2D eigenvalue weighted by Crippen LogP contribution is 2.31. The predicted molar refractivity (Wildman–Crippen MR) is 125 cm³/mol. The van der Waals surface area contributed by atoms with Crippen LogP contribution in [0.1, 0.15) is 34.0 Å². The average molecular weight is 490 g/mol. The number of Topliss-reactive ketones (excluding diaryl/α,β-unsaturated/α-hetero) is 1. The van der Waals surface area contributed by atoms with Crippen molar-refractivity contribution < 1.29 is 27.9 Å². The summed E-state index contributed by atoms with van der Waals surface area (Å²) in [7, 11) is 1.44. The molecule has 8 heteroatoms. The van der Waals surface area contributed by atoms with Crippen molar-refractivity contribution in [1.29, 1.82) is 0 Å². The summed E-state index contributed by atoms with van der Waals surface area (Å²) >= 11 is 5.79. The molecule has 3 aromatic rings. The Bertz CT molecular complexity index is 1180. The highest BCUT2D eigenvalue weighted by atomic mass is 35.5. The van der Waals surface area contributed by atoms with Gasteiger partial charge in [-0.1, -0.05) is 54.1 Å². The van der Waals surface area contributed by atoms with Crippen molar-refractivity contribution in [2.45, 2.75) is 31.8 Å². The van der Waals surface area contributed by atoms with Gasteiger partial charge in [-0.3, -0.25) is 9.59 Å². The number of amides is 1. The highest BCUT2D eigenvalue weighted by molar-refractivity contribution is 6.31. The molecule has 4 nitrogen and oxygen atoms in total. The first-order chi connectivity index (χ1) is 16.0. The molecule has 0 radical (unpaired) electrons. The lowest BCUT2D eigenvalue weighted by molar-refractivity contribution is -0.117. The molecule has 0 saturated carbocycles. The molecule has 0 fully saturated rings. The van der Waals surface area contributed by atoms with Crippen molar-refractivity contribution >= 4 is 29.0 Å². The summed E-state index contributed by atoms with van der Waals surface area (Å²) in [4.78, 5) is 26.3. The van der Waals surface area contributed by atoms with Crippen LogP contribution in [-0.4, -0.2) is 29.9 Å². The van der Waals surface area contributed by atoms with Gasteiger partial charge in [-0.05, 0) is 42.3 Å². The van der Waals surface area contributed by atoms with Crippen LogP contribution in [0, 0.1) is 5.82 Å². The van der Waals surface area contributed by atoms with Crippen LogP contribution in [0.4, 0.5) is 18.9 Å². The number of hydrogen-bond acceptors (Lipinski definition) is 3. The van der Waals surface area contributed by atoms with Crippen LogP contribution in [0.3, 0.4) is 0 Å². The van der Waals surface area contributed by atoms with Crippen molar-refractivity contribution in [3.8, 4) is 0 Å². The van der Waals surface area contributed by atoms with Gasteiger partial charge in [-0.2, -0.15) is 8.78 Å². The first-order valence-corrected chi connectivity index (χ1v) is 10.9. The Balaban J connectivity index is 1.62. The minimum atomic E-state index is -3.37. The van der Waals surface area contributed by atoms with Crippen LogP contribution in [0.25, 0.3) is 0 Å². The molecule has 3 rings (SSSR count). The Labute approximate surface area is 200 Å². The zero-order valence-corrected chi connectivity index (χ0v) is 19.3. The van der Waals surface area contributed by atoms with Crippen molar-refractivity contribution in [1.82, 2.24) is 0 Å². The number of carbonyl (C=O) groups is 2. The molecule has 178 valence electrons. The molecule has 0 aliphatic carbocycles. The molecule has 1 N–H and O–H groups in total. The van der Waals surface area contributed by atoms with Gasteiger partial charge in [0.15, 0.2) is 5.82 Å². The average Bonchev–Trinajstić information content (AvgIpc) is 2.80. The molecule has 3 aromatic carbocycles. The Morgan fingerprint density at radius 3 is 2.03 bits per heavy atom. The van der Waals surface area contributed by atoms with Crippen molar-refractivity contribution in [2.75, 3.05) is 11.9 Å². The zero-order valence-electron chi connectivity index (χ0n) is 18.6. The topological polar surface area (TPSA) is 57.6 Å².